The van der Waals surface area contributed by atoms with Gasteiger partial charge >= 0.3 is 5.97 Å². The Morgan fingerprint density at radius 1 is 0.964 bits per heavy atom. The molecule has 1 atom stereocenters. The highest BCUT2D eigenvalue weighted by molar-refractivity contribution is 6.32. The van der Waals surface area contributed by atoms with Crippen LogP contribution in [0.4, 0.5) is 0 Å². The smallest absolute Gasteiger partial charge is 0.339 e. The minimum atomic E-state index is -1.17. The van der Waals surface area contributed by atoms with E-state index in [1.54, 1.807) is 30.3 Å². The van der Waals surface area contributed by atoms with E-state index in [1.807, 2.05) is 0 Å². The summed E-state index contributed by atoms with van der Waals surface area (Å²) >= 11 is 6.06. The van der Waals surface area contributed by atoms with Crippen LogP contribution in [0.1, 0.15) is 27.6 Å². The van der Waals surface area contributed by atoms with Crippen LogP contribution in [0.15, 0.2) is 42.5 Å². The summed E-state index contributed by atoms with van der Waals surface area (Å²) in [5, 5.41) is 0.154. The highest BCUT2D eigenvalue weighted by Gasteiger charge is 2.22. The molecule has 0 aliphatic carbocycles. The number of esters is 1. The molecule has 0 heterocycles. The van der Waals surface area contributed by atoms with Crippen molar-refractivity contribution in [3.05, 3.63) is 58.6 Å². The van der Waals surface area contributed by atoms with E-state index in [9.17, 15) is 14.4 Å². The molecule has 0 spiro atoms. The van der Waals surface area contributed by atoms with E-state index >= 15 is 0 Å². The minimum Gasteiger partial charge on any atom is -0.493 e. The third kappa shape index (κ3) is 5.14. The monoisotopic (exact) mass is 406 g/mol. The molecule has 0 aliphatic rings. The SMILES string of the molecule is COc1cc(C(=O)O[C@H](C)C(=O)NNC(=O)c2ccccc2)cc(Cl)c1OC. The lowest BCUT2D eigenvalue weighted by atomic mass is 10.2. The first kappa shape index (κ1) is 21.0. The highest BCUT2D eigenvalue weighted by atomic mass is 35.5. The fourth-order valence-corrected chi connectivity index (χ4v) is 2.49. The van der Waals surface area contributed by atoms with Crippen molar-refractivity contribution in [1.29, 1.82) is 0 Å². The molecule has 0 aliphatic heterocycles. The zero-order valence-electron chi connectivity index (χ0n) is 15.4. The number of carbonyl (C=O) groups excluding carboxylic acids is 3. The van der Waals surface area contributed by atoms with E-state index in [0.29, 0.717) is 5.56 Å². The molecule has 0 saturated heterocycles. The maximum absolute atomic E-state index is 12.3. The average Bonchev–Trinajstić information content (AvgIpc) is 2.71. The number of carbonyl (C=O) groups is 3. The van der Waals surface area contributed by atoms with Crippen LogP contribution < -0.4 is 20.3 Å². The van der Waals surface area contributed by atoms with Gasteiger partial charge in [0.25, 0.3) is 11.8 Å². The first-order valence-corrected chi connectivity index (χ1v) is 8.53. The lowest BCUT2D eigenvalue weighted by Crippen LogP contribution is -2.46. The first-order valence-electron chi connectivity index (χ1n) is 8.15. The number of methoxy groups -OCH3 is 2. The minimum absolute atomic E-state index is 0.0793. The molecule has 2 rings (SSSR count). The van der Waals surface area contributed by atoms with Gasteiger partial charge in [0, 0.05) is 5.56 Å². The highest BCUT2D eigenvalue weighted by Crippen LogP contribution is 2.36. The van der Waals surface area contributed by atoms with Gasteiger partial charge in [-0.25, -0.2) is 4.79 Å². The molecule has 9 heteroatoms. The van der Waals surface area contributed by atoms with Crippen molar-refractivity contribution in [2.45, 2.75) is 13.0 Å². The van der Waals surface area contributed by atoms with Crippen molar-refractivity contribution in [3.63, 3.8) is 0 Å². The molecule has 2 N–H and O–H groups in total. The summed E-state index contributed by atoms with van der Waals surface area (Å²) < 4.78 is 15.3. The lowest BCUT2D eigenvalue weighted by molar-refractivity contribution is -0.129. The molecule has 0 bridgehead atoms. The Morgan fingerprint density at radius 3 is 2.25 bits per heavy atom. The van der Waals surface area contributed by atoms with Crippen molar-refractivity contribution < 1.29 is 28.6 Å². The topological polar surface area (TPSA) is 103 Å². The normalized spacial score (nSPS) is 11.1. The molecule has 148 valence electrons. The van der Waals surface area contributed by atoms with E-state index < -0.39 is 23.9 Å². The number of hydrazine groups is 1. The number of rotatable bonds is 6. The third-order valence-corrected chi connectivity index (χ3v) is 3.94. The summed E-state index contributed by atoms with van der Waals surface area (Å²) in [5.41, 5.74) is 4.90. The van der Waals surface area contributed by atoms with Gasteiger partial charge in [-0.2, -0.15) is 0 Å². The Morgan fingerprint density at radius 2 is 1.64 bits per heavy atom. The van der Waals surface area contributed by atoms with Crippen molar-refractivity contribution in [2.24, 2.45) is 0 Å². The van der Waals surface area contributed by atoms with Crippen LogP contribution >= 0.6 is 11.6 Å². The largest absolute Gasteiger partial charge is 0.493 e. The summed E-state index contributed by atoms with van der Waals surface area (Å²) in [7, 11) is 2.81. The third-order valence-electron chi connectivity index (χ3n) is 3.66. The first-order chi connectivity index (χ1) is 13.4. The van der Waals surface area contributed by atoms with Crippen molar-refractivity contribution in [3.8, 4) is 11.5 Å². The molecule has 2 aromatic carbocycles. The number of amides is 2. The van der Waals surface area contributed by atoms with Gasteiger partial charge in [0.1, 0.15) is 0 Å². The van der Waals surface area contributed by atoms with Gasteiger partial charge in [-0.15, -0.1) is 0 Å². The molecule has 8 nitrogen and oxygen atoms in total. The molecule has 28 heavy (non-hydrogen) atoms. The van der Waals surface area contributed by atoms with Crippen molar-refractivity contribution in [2.75, 3.05) is 14.2 Å². The number of hydrogen-bond acceptors (Lipinski definition) is 6. The van der Waals surface area contributed by atoms with Gasteiger partial charge in [0.05, 0.1) is 24.8 Å². The van der Waals surface area contributed by atoms with Crippen molar-refractivity contribution >= 4 is 29.4 Å². The van der Waals surface area contributed by atoms with Crippen molar-refractivity contribution in [1.82, 2.24) is 10.9 Å². The zero-order valence-corrected chi connectivity index (χ0v) is 16.2. The molecule has 0 saturated carbocycles. The van der Waals surface area contributed by atoms with Crippen LogP contribution in [-0.2, 0) is 9.53 Å². The number of hydrogen-bond donors (Lipinski definition) is 2. The summed E-state index contributed by atoms with van der Waals surface area (Å²) in [6.07, 6.45) is -1.17. The summed E-state index contributed by atoms with van der Waals surface area (Å²) in [4.78, 5) is 36.3. The number of benzene rings is 2. The van der Waals surface area contributed by atoms with Gasteiger partial charge in [-0.3, -0.25) is 20.4 Å². The fraction of sp³-hybridized carbons (Fsp3) is 0.211. The molecule has 0 aromatic heterocycles. The van der Waals surface area contributed by atoms with Crippen LogP contribution in [0.2, 0.25) is 5.02 Å². The molecule has 0 unspecified atom stereocenters. The van der Waals surface area contributed by atoms with Gasteiger partial charge in [0.15, 0.2) is 17.6 Å². The Bertz CT molecular complexity index is 872. The van der Waals surface area contributed by atoms with Gasteiger partial charge in [-0.1, -0.05) is 29.8 Å². The van der Waals surface area contributed by atoms with Crippen LogP contribution in [0.25, 0.3) is 0 Å². The second kappa shape index (κ2) is 9.61. The molecular formula is C19H19ClN2O6. The quantitative estimate of drug-likeness (QED) is 0.564. The Hall–Kier alpha value is -3.26. The Labute approximate surface area is 166 Å². The van der Waals surface area contributed by atoms with E-state index in [1.165, 1.54) is 33.3 Å². The standard InChI is InChI=1S/C19H19ClN2O6/c1-11(17(23)21-22-18(24)12-7-5-4-6-8-12)28-19(25)13-9-14(20)16(27-3)15(10-13)26-2/h4-11H,1-3H3,(H,21,23)(H,22,24)/t11-/m1/s1. The number of halogens is 1. The molecule has 2 amide bonds. The van der Waals surface area contributed by atoms with E-state index in [4.69, 9.17) is 25.8 Å². The van der Waals surface area contributed by atoms with E-state index in [2.05, 4.69) is 10.9 Å². The number of nitrogens with one attached hydrogen (secondary N) is 2. The van der Waals surface area contributed by atoms with Crippen LogP contribution in [0.3, 0.4) is 0 Å². The number of ether oxygens (including phenoxy) is 3. The Kier molecular flexibility index (Phi) is 7.22. The molecular weight excluding hydrogens is 388 g/mol. The van der Waals surface area contributed by atoms with Crippen LogP contribution in [0, 0.1) is 0 Å². The Balaban J connectivity index is 1.97. The van der Waals surface area contributed by atoms with Gasteiger partial charge < -0.3 is 14.2 Å². The summed E-state index contributed by atoms with van der Waals surface area (Å²) in [5.74, 6) is -1.48. The summed E-state index contributed by atoms with van der Waals surface area (Å²) in [6.45, 7) is 1.37. The van der Waals surface area contributed by atoms with Crippen LogP contribution in [0.5, 0.6) is 11.5 Å². The summed E-state index contributed by atoms with van der Waals surface area (Å²) in [6, 6.07) is 11.0. The maximum Gasteiger partial charge on any atom is 0.339 e. The second-order valence-corrected chi connectivity index (χ2v) is 5.96. The fourth-order valence-electron chi connectivity index (χ4n) is 2.20. The predicted molar refractivity (Wildman–Crippen MR) is 101 cm³/mol. The average molecular weight is 407 g/mol. The van der Waals surface area contributed by atoms with Gasteiger partial charge in [-0.05, 0) is 31.2 Å². The lowest BCUT2D eigenvalue weighted by Gasteiger charge is -2.15. The van der Waals surface area contributed by atoms with E-state index in [-0.39, 0.29) is 22.1 Å². The maximum atomic E-state index is 12.3. The molecule has 2 aromatic rings. The molecule has 0 fully saturated rings. The molecule has 0 radical (unpaired) electrons. The van der Waals surface area contributed by atoms with Crippen LogP contribution in [-0.4, -0.2) is 38.1 Å². The zero-order chi connectivity index (χ0) is 20.7. The van der Waals surface area contributed by atoms with Gasteiger partial charge in [0.2, 0.25) is 0 Å². The van der Waals surface area contributed by atoms with E-state index in [0.717, 1.165) is 0 Å². The second-order valence-electron chi connectivity index (χ2n) is 5.55. The predicted octanol–water partition coefficient (Wildman–Crippen LogP) is 2.36.